The van der Waals surface area contributed by atoms with Crippen molar-refractivity contribution in [1.29, 1.82) is 0 Å². The molecule has 8 heteroatoms. The molecule has 0 aromatic heterocycles. The second-order valence-electron chi connectivity index (χ2n) is 3.31. The smallest absolute Gasteiger partial charge is 0.312 e. The third-order valence-corrected chi connectivity index (χ3v) is 2.19. The molecule has 0 saturated heterocycles. The molecule has 16 heavy (non-hydrogen) atoms. The van der Waals surface area contributed by atoms with Crippen molar-refractivity contribution in [2.75, 3.05) is 25.8 Å². The Kier molecular flexibility index (Phi) is 7.82. The Labute approximate surface area is 98.2 Å². The number of quaternary nitrogens is 1. The first-order valence-corrected chi connectivity index (χ1v) is 5.29. The van der Waals surface area contributed by atoms with Gasteiger partial charge in [-0.15, -0.1) is 11.6 Å². The zero-order valence-corrected chi connectivity index (χ0v) is 9.54. The molecule has 0 bridgehead atoms. The molecular formula is C8H17ClN3O4+. The summed E-state index contributed by atoms with van der Waals surface area (Å²) in [5, 5.41) is 20.0. The van der Waals surface area contributed by atoms with Gasteiger partial charge in [0.1, 0.15) is 25.7 Å². The van der Waals surface area contributed by atoms with E-state index in [0.717, 1.165) is 0 Å². The third kappa shape index (κ3) is 7.41. The number of hydrogen-bond donors (Lipinski definition) is 5. The summed E-state index contributed by atoms with van der Waals surface area (Å²) in [5.41, 5.74) is 5.40. The van der Waals surface area contributed by atoms with Crippen LogP contribution in [0.2, 0.25) is 0 Å². The molecule has 0 aromatic rings. The van der Waals surface area contributed by atoms with E-state index in [1.54, 1.807) is 0 Å². The number of aliphatic hydroxyl groups excluding tert-OH is 1. The van der Waals surface area contributed by atoms with Crippen molar-refractivity contribution in [2.24, 2.45) is 5.73 Å². The molecule has 0 saturated carbocycles. The molecule has 0 spiro atoms. The number of carbonyl (C=O) groups is 2. The summed E-state index contributed by atoms with van der Waals surface area (Å²) in [7, 11) is 0. The van der Waals surface area contributed by atoms with Crippen molar-refractivity contribution in [3.8, 4) is 0 Å². The Bertz CT molecular complexity index is 239. The number of nitrogens with one attached hydrogen (secondary N) is 2. The Morgan fingerprint density at radius 1 is 1.50 bits per heavy atom. The Balaban J connectivity index is 3.86. The van der Waals surface area contributed by atoms with Gasteiger partial charge in [-0.2, -0.15) is 0 Å². The summed E-state index contributed by atoms with van der Waals surface area (Å²) in [5.74, 6) is -1.68. The number of nitrogens with two attached hydrogens (primary N) is 1. The second kappa shape index (κ2) is 8.28. The van der Waals surface area contributed by atoms with Gasteiger partial charge in [0, 0.05) is 0 Å². The lowest BCUT2D eigenvalue weighted by Gasteiger charge is -2.19. The molecule has 2 unspecified atom stereocenters. The van der Waals surface area contributed by atoms with E-state index in [0.29, 0.717) is 11.4 Å². The maximum absolute atomic E-state index is 11.0. The number of carbonyl (C=O) groups excluding carboxylic acids is 1. The number of hydrogen-bond acceptors (Lipinski definition) is 4. The lowest BCUT2D eigenvalue weighted by atomic mass is 10.4. The minimum Gasteiger partial charge on any atom is -0.481 e. The maximum atomic E-state index is 11.0. The van der Waals surface area contributed by atoms with Crippen LogP contribution in [0.15, 0.2) is 0 Å². The summed E-state index contributed by atoms with van der Waals surface area (Å²) in [6.45, 7) is 0.672. The third-order valence-electron chi connectivity index (χ3n) is 1.84. The number of rotatable bonds is 8. The van der Waals surface area contributed by atoms with Crippen LogP contribution in [-0.4, -0.2) is 54.0 Å². The van der Waals surface area contributed by atoms with Crippen molar-refractivity contribution in [1.82, 2.24) is 5.32 Å². The summed E-state index contributed by atoms with van der Waals surface area (Å²) in [6, 6.07) is 0. The highest BCUT2D eigenvalue weighted by Gasteiger charge is 2.14. The highest BCUT2D eigenvalue weighted by Crippen LogP contribution is 1.81. The minimum absolute atomic E-state index is 0.0899. The monoisotopic (exact) mass is 254 g/mol. The molecule has 0 aromatic carbocycles. The molecule has 6 N–H and O–H groups in total. The van der Waals surface area contributed by atoms with Gasteiger partial charge in [-0.05, 0) is 0 Å². The molecule has 0 aliphatic carbocycles. The largest absolute Gasteiger partial charge is 0.481 e. The number of aliphatic carboxylic acids is 1. The Morgan fingerprint density at radius 2 is 2.12 bits per heavy atom. The van der Waals surface area contributed by atoms with Gasteiger partial charge < -0.3 is 20.4 Å². The van der Waals surface area contributed by atoms with Crippen molar-refractivity contribution >= 4 is 23.5 Å². The number of amides is 1. The summed E-state index contributed by atoms with van der Waals surface area (Å²) in [4.78, 5) is 21.9. The van der Waals surface area contributed by atoms with E-state index in [4.69, 9.17) is 22.4 Å². The molecule has 0 aliphatic rings. The number of aliphatic hydroxyl groups is 1. The van der Waals surface area contributed by atoms with Gasteiger partial charge in [0.05, 0.1) is 5.88 Å². The SMILES string of the molecule is NC[NH+](CNC(=O)CC(=O)O)CC(O)CCl. The van der Waals surface area contributed by atoms with Crippen LogP contribution in [0, 0.1) is 0 Å². The number of alkyl halides is 1. The highest BCUT2D eigenvalue weighted by molar-refractivity contribution is 6.18. The summed E-state index contributed by atoms with van der Waals surface area (Å²) >= 11 is 5.42. The van der Waals surface area contributed by atoms with E-state index in [1.807, 2.05) is 0 Å². The van der Waals surface area contributed by atoms with Crippen molar-refractivity contribution in [2.45, 2.75) is 12.5 Å². The van der Waals surface area contributed by atoms with Crippen LogP contribution in [0.5, 0.6) is 0 Å². The van der Waals surface area contributed by atoms with Crippen LogP contribution < -0.4 is 16.0 Å². The van der Waals surface area contributed by atoms with Crippen LogP contribution in [-0.2, 0) is 9.59 Å². The molecule has 0 radical (unpaired) electrons. The first-order chi connectivity index (χ1) is 7.49. The lowest BCUT2D eigenvalue weighted by Crippen LogP contribution is -3.16. The minimum atomic E-state index is -1.19. The van der Waals surface area contributed by atoms with Gasteiger partial charge >= 0.3 is 5.97 Å². The average Bonchev–Trinajstić information content (AvgIpc) is 2.22. The quantitative estimate of drug-likeness (QED) is 0.179. The first kappa shape index (κ1) is 15.1. The van der Waals surface area contributed by atoms with Gasteiger partial charge in [0.25, 0.3) is 0 Å². The Morgan fingerprint density at radius 3 is 2.56 bits per heavy atom. The fraction of sp³-hybridized carbons (Fsp3) is 0.750. The topological polar surface area (TPSA) is 117 Å². The molecule has 2 atom stereocenters. The van der Waals surface area contributed by atoms with Crippen LogP contribution in [0.4, 0.5) is 0 Å². The van der Waals surface area contributed by atoms with Gasteiger partial charge in [-0.25, -0.2) is 0 Å². The van der Waals surface area contributed by atoms with Gasteiger partial charge in [0.15, 0.2) is 6.67 Å². The zero-order chi connectivity index (χ0) is 12.6. The summed E-state index contributed by atoms with van der Waals surface area (Å²) < 4.78 is 0. The second-order valence-corrected chi connectivity index (χ2v) is 3.62. The predicted octanol–water partition coefficient (Wildman–Crippen LogP) is -3.06. The van der Waals surface area contributed by atoms with Gasteiger partial charge in [0.2, 0.25) is 5.91 Å². The summed E-state index contributed by atoms with van der Waals surface area (Å²) in [6.07, 6.45) is -1.27. The van der Waals surface area contributed by atoms with E-state index in [1.165, 1.54) is 0 Å². The molecule has 0 fully saturated rings. The van der Waals surface area contributed by atoms with Gasteiger partial charge in [-0.1, -0.05) is 0 Å². The van der Waals surface area contributed by atoms with E-state index in [-0.39, 0.29) is 19.2 Å². The standard InChI is InChI=1S/C8H16ClN3O4/c9-2-6(13)3-12(4-10)5-11-7(14)1-8(15)16/h6,13H,1-5,10H2,(H,11,14)(H,15,16)/p+1. The maximum Gasteiger partial charge on any atom is 0.312 e. The van der Waals surface area contributed by atoms with E-state index in [2.05, 4.69) is 5.32 Å². The molecule has 0 aliphatic heterocycles. The van der Waals surface area contributed by atoms with Crippen molar-refractivity contribution < 1.29 is 24.7 Å². The predicted molar refractivity (Wildman–Crippen MR) is 56.9 cm³/mol. The fourth-order valence-electron chi connectivity index (χ4n) is 1.04. The number of halogens is 1. The normalized spacial score (nSPS) is 14.2. The van der Waals surface area contributed by atoms with Crippen molar-refractivity contribution in [3.05, 3.63) is 0 Å². The van der Waals surface area contributed by atoms with E-state index >= 15 is 0 Å². The number of carboxylic acid groups (broad SMARTS) is 1. The first-order valence-electron chi connectivity index (χ1n) is 4.75. The van der Waals surface area contributed by atoms with Crippen LogP contribution >= 0.6 is 11.6 Å². The molecular weight excluding hydrogens is 238 g/mol. The van der Waals surface area contributed by atoms with Crippen LogP contribution in [0.25, 0.3) is 0 Å². The molecule has 0 rings (SSSR count). The molecule has 0 heterocycles. The highest BCUT2D eigenvalue weighted by atomic mass is 35.5. The van der Waals surface area contributed by atoms with E-state index in [9.17, 15) is 14.7 Å². The Hall–Kier alpha value is -0.890. The van der Waals surface area contributed by atoms with E-state index < -0.39 is 24.4 Å². The van der Waals surface area contributed by atoms with Crippen LogP contribution in [0.3, 0.4) is 0 Å². The lowest BCUT2D eigenvalue weighted by molar-refractivity contribution is -0.904. The van der Waals surface area contributed by atoms with Gasteiger partial charge in [-0.3, -0.25) is 15.3 Å². The average molecular weight is 255 g/mol. The van der Waals surface area contributed by atoms with Crippen LogP contribution in [0.1, 0.15) is 6.42 Å². The molecule has 1 amide bonds. The molecule has 7 nitrogen and oxygen atoms in total. The zero-order valence-electron chi connectivity index (χ0n) is 8.78. The fourth-order valence-corrected chi connectivity index (χ4v) is 1.15. The van der Waals surface area contributed by atoms with Crippen molar-refractivity contribution in [3.63, 3.8) is 0 Å². The number of carboxylic acids is 1. The molecule has 94 valence electrons.